The highest BCUT2D eigenvalue weighted by Crippen LogP contribution is 2.30. The van der Waals surface area contributed by atoms with Crippen LogP contribution >= 0.6 is 15.9 Å². The predicted molar refractivity (Wildman–Crippen MR) is 43.5 cm³/mol. The second kappa shape index (κ2) is 3.91. The maximum atomic E-state index is 12.7. The lowest BCUT2D eigenvalue weighted by molar-refractivity contribution is -0.388. The van der Waals surface area contributed by atoms with Crippen molar-refractivity contribution in [3.05, 3.63) is 32.3 Å². The van der Waals surface area contributed by atoms with Gasteiger partial charge < -0.3 is 0 Å². The minimum Gasteiger partial charge on any atom is -0.258 e. The van der Waals surface area contributed by atoms with E-state index in [-0.39, 0.29) is 0 Å². The summed E-state index contributed by atoms with van der Waals surface area (Å²) in [5.74, 6) is -1.40. The Labute approximate surface area is 84.0 Å². The van der Waals surface area contributed by atoms with E-state index in [9.17, 15) is 23.3 Å². The van der Waals surface area contributed by atoms with Gasteiger partial charge in [0.1, 0.15) is 4.60 Å². The van der Waals surface area contributed by atoms with E-state index < -0.39 is 33.2 Å². The fourth-order valence-corrected chi connectivity index (χ4v) is 1.20. The van der Waals surface area contributed by atoms with Gasteiger partial charge in [-0.2, -0.15) is 4.39 Å². The van der Waals surface area contributed by atoms with Gasteiger partial charge in [0.25, 0.3) is 12.4 Å². The number of halogens is 4. The summed E-state index contributed by atoms with van der Waals surface area (Å²) in [4.78, 5) is 12.0. The minimum absolute atomic E-state index is 0.435. The largest absolute Gasteiger partial charge is 0.324 e. The number of nitro groups is 1. The minimum atomic E-state index is -2.95. The van der Waals surface area contributed by atoms with Crippen LogP contribution in [0.1, 0.15) is 12.0 Å². The number of alkyl halides is 2. The number of hydrogen-bond acceptors (Lipinski definition) is 3. The Morgan fingerprint density at radius 2 is 2.14 bits per heavy atom. The van der Waals surface area contributed by atoms with Crippen LogP contribution in [0.25, 0.3) is 0 Å². The highest BCUT2D eigenvalue weighted by Gasteiger charge is 2.23. The Hall–Kier alpha value is -1.18. The van der Waals surface area contributed by atoms with Gasteiger partial charge in [-0.15, -0.1) is 0 Å². The molecule has 0 saturated heterocycles. The van der Waals surface area contributed by atoms with Gasteiger partial charge in [0, 0.05) is 6.07 Å². The quantitative estimate of drug-likeness (QED) is 0.472. The molecule has 76 valence electrons. The molecule has 0 bridgehead atoms. The summed E-state index contributed by atoms with van der Waals surface area (Å²) in [7, 11) is 0. The van der Waals surface area contributed by atoms with Gasteiger partial charge >= 0.3 is 5.69 Å². The fourth-order valence-electron chi connectivity index (χ4n) is 0.755. The van der Waals surface area contributed by atoms with Crippen LogP contribution in [0.4, 0.5) is 18.9 Å². The molecule has 1 heterocycles. The molecule has 0 aliphatic carbocycles. The first kappa shape index (κ1) is 10.9. The van der Waals surface area contributed by atoms with E-state index in [1.54, 1.807) is 0 Å². The monoisotopic (exact) mass is 270 g/mol. The molecule has 0 amide bonds. The number of aromatic nitrogens is 1. The molecule has 1 aromatic rings. The van der Waals surface area contributed by atoms with E-state index in [4.69, 9.17) is 0 Å². The van der Waals surface area contributed by atoms with Crippen LogP contribution in [-0.2, 0) is 0 Å². The zero-order chi connectivity index (χ0) is 10.9. The molecule has 0 aliphatic rings. The fraction of sp³-hybridized carbons (Fsp3) is 0.167. The second-order valence-corrected chi connectivity index (χ2v) is 2.99. The van der Waals surface area contributed by atoms with Crippen molar-refractivity contribution in [1.29, 1.82) is 0 Å². The molecule has 14 heavy (non-hydrogen) atoms. The molecule has 1 aromatic heterocycles. The van der Waals surface area contributed by atoms with Crippen molar-refractivity contribution in [2.45, 2.75) is 6.43 Å². The van der Waals surface area contributed by atoms with Gasteiger partial charge in [0.15, 0.2) is 0 Å². The van der Waals surface area contributed by atoms with Gasteiger partial charge in [-0.05, 0) is 15.9 Å². The average molecular weight is 271 g/mol. The van der Waals surface area contributed by atoms with Crippen LogP contribution in [-0.4, -0.2) is 9.91 Å². The Morgan fingerprint density at radius 1 is 1.57 bits per heavy atom. The van der Waals surface area contributed by atoms with Crippen LogP contribution in [0, 0.1) is 16.1 Å². The van der Waals surface area contributed by atoms with Gasteiger partial charge in [-0.1, -0.05) is 0 Å². The molecule has 0 spiro atoms. The Bertz CT molecular complexity index is 386. The third-order valence-electron chi connectivity index (χ3n) is 1.37. The average Bonchev–Trinajstić information content (AvgIpc) is 2.02. The first-order valence-corrected chi connectivity index (χ1v) is 4.01. The first-order chi connectivity index (χ1) is 6.43. The van der Waals surface area contributed by atoms with Crippen molar-refractivity contribution >= 4 is 21.6 Å². The van der Waals surface area contributed by atoms with Crippen LogP contribution in [0.3, 0.4) is 0 Å². The molecule has 4 nitrogen and oxygen atoms in total. The third-order valence-corrected chi connectivity index (χ3v) is 2.01. The van der Waals surface area contributed by atoms with Crippen molar-refractivity contribution < 1.29 is 18.1 Å². The van der Waals surface area contributed by atoms with Gasteiger partial charge in [0.2, 0.25) is 0 Å². The molecular weight excluding hydrogens is 269 g/mol. The van der Waals surface area contributed by atoms with Crippen molar-refractivity contribution in [2.24, 2.45) is 0 Å². The smallest absolute Gasteiger partial charge is 0.258 e. The summed E-state index contributed by atoms with van der Waals surface area (Å²) in [5, 5.41) is 10.2. The van der Waals surface area contributed by atoms with Crippen molar-refractivity contribution in [3.8, 4) is 0 Å². The van der Waals surface area contributed by atoms with E-state index in [2.05, 4.69) is 20.9 Å². The maximum Gasteiger partial charge on any atom is 0.324 e. The lowest BCUT2D eigenvalue weighted by Crippen LogP contribution is -1.99. The third kappa shape index (κ3) is 2.00. The van der Waals surface area contributed by atoms with Crippen LogP contribution in [0.15, 0.2) is 10.7 Å². The standard InChI is InChI=1S/C6H2BrF3N2O2/c7-4-2(5(8)9)1-3(12(13)14)6(10)11-4/h1,5H. The summed E-state index contributed by atoms with van der Waals surface area (Å²) in [6.45, 7) is 0. The van der Waals surface area contributed by atoms with Crippen LogP contribution < -0.4 is 0 Å². The Morgan fingerprint density at radius 3 is 2.57 bits per heavy atom. The van der Waals surface area contributed by atoms with Crippen molar-refractivity contribution in [3.63, 3.8) is 0 Å². The molecule has 1 rings (SSSR count). The van der Waals surface area contributed by atoms with E-state index in [0.29, 0.717) is 6.07 Å². The molecule has 0 aromatic carbocycles. The lowest BCUT2D eigenvalue weighted by atomic mass is 10.3. The molecule has 0 saturated carbocycles. The number of hydrogen-bond donors (Lipinski definition) is 0. The molecule has 0 N–H and O–H groups in total. The van der Waals surface area contributed by atoms with Crippen molar-refractivity contribution in [2.75, 3.05) is 0 Å². The molecule has 0 atom stereocenters. The summed E-state index contributed by atoms with van der Waals surface area (Å²) in [6, 6.07) is 0.455. The molecular formula is C6H2BrF3N2O2. The van der Waals surface area contributed by atoms with Gasteiger partial charge in [0.05, 0.1) is 10.5 Å². The maximum absolute atomic E-state index is 12.7. The van der Waals surface area contributed by atoms with E-state index in [1.165, 1.54) is 0 Å². The molecule has 8 heteroatoms. The lowest BCUT2D eigenvalue weighted by Gasteiger charge is -2.02. The second-order valence-electron chi connectivity index (χ2n) is 2.24. The summed E-state index contributed by atoms with van der Waals surface area (Å²) in [6.07, 6.45) is -2.95. The highest BCUT2D eigenvalue weighted by molar-refractivity contribution is 9.10. The number of rotatable bonds is 2. The predicted octanol–water partition coefficient (Wildman–Crippen LogP) is 2.83. The van der Waals surface area contributed by atoms with Crippen LogP contribution in [0.5, 0.6) is 0 Å². The highest BCUT2D eigenvalue weighted by atomic mass is 79.9. The summed E-state index contributed by atoms with van der Waals surface area (Å²) >= 11 is 2.58. The van der Waals surface area contributed by atoms with Gasteiger partial charge in [-0.25, -0.2) is 13.8 Å². The van der Waals surface area contributed by atoms with E-state index in [1.807, 2.05) is 0 Å². The first-order valence-electron chi connectivity index (χ1n) is 3.22. The van der Waals surface area contributed by atoms with Crippen LogP contribution in [0.2, 0.25) is 0 Å². The Balaban J connectivity index is 3.34. The van der Waals surface area contributed by atoms with E-state index >= 15 is 0 Å². The zero-order valence-corrected chi connectivity index (χ0v) is 7.96. The molecule has 0 radical (unpaired) electrons. The van der Waals surface area contributed by atoms with Gasteiger partial charge in [-0.3, -0.25) is 10.1 Å². The molecule has 0 aliphatic heterocycles. The Kier molecular flexibility index (Phi) is 3.04. The zero-order valence-electron chi connectivity index (χ0n) is 6.38. The SMILES string of the molecule is O=[N+]([O-])c1cc(C(F)F)c(Br)nc1F. The van der Waals surface area contributed by atoms with Crippen molar-refractivity contribution in [1.82, 2.24) is 4.98 Å². The molecule has 0 fully saturated rings. The number of pyridine rings is 1. The topological polar surface area (TPSA) is 56.0 Å². The number of nitrogens with zero attached hydrogens (tertiary/aromatic N) is 2. The normalized spacial score (nSPS) is 10.6. The van der Waals surface area contributed by atoms with E-state index in [0.717, 1.165) is 0 Å². The summed E-state index contributed by atoms with van der Waals surface area (Å²) < 4.78 is 36.7. The summed E-state index contributed by atoms with van der Waals surface area (Å²) in [5.41, 5.74) is -1.78. The molecule has 0 unspecified atom stereocenters.